The molecule has 2 atom stereocenters. The molecule has 0 aliphatic rings. The molecule has 1 aromatic heterocycles. The number of carbonyl (C=O) groups excluding carboxylic acids is 1. The fourth-order valence-electron chi connectivity index (χ4n) is 2.02. The molecule has 8 heteroatoms. The first-order valence-electron chi connectivity index (χ1n) is 7.95. The number of carbonyl (C=O) groups is 1. The van der Waals surface area contributed by atoms with E-state index in [2.05, 4.69) is 11.9 Å². The Labute approximate surface area is 156 Å². The largest absolute Gasteiger partial charge is 0.464 e. The van der Waals surface area contributed by atoms with Crippen molar-refractivity contribution in [3.8, 4) is 5.88 Å². The number of hydrogen-bond donors (Lipinski definition) is 1. The summed E-state index contributed by atoms with van der Waals surface area (Å²) in [6.45, 7) is 5.73. The Hall–Kier alpha value is -0.720. The third kappa shape index (κ3) is 6.30. The molecule has 2 N–H and O–H groups in total. The highest BCUT2D eigenvalue weighted by atomic mass is 35.5. The minimum Gasteiger partial charge on any atom is -0.464 e. The van der Waals surface area contributed by atoms with Gasteiger partial charge in [0.1, 0.15) is 10.0 Å². The Balaban J connectivity index is 2.58. The zero-order valence-corrected chi connectivity index (χ0v) is 16.4. The van der Waals surface area contributed by atoms with Crippen LogP contribution in [0.25, 0.3) is 0 Å². The molecule has 4 nitrogen and oxygen atoms in total. The van der Waals surface area contributed by atoms with Gasteiger partial charge in [-0.2, -0.15) is 9.37 Å². The van der Waals surface area contributed by atoms with Gasteiger partial charge in [-0.25, -0.2) is 0 Å². The number of hydrogen-bond acceptors (Lipinski definition) is 5. The van der Waals surface area contributed by atoms with Gasteiger partial charge in [0.05, 0.1) is 5.69 Å². The first-order chi connectivity index (χ1) is 11.3. The van der Waals surface area contributed by atoms with Crippen molar-refractivity contribution in [2.75, 3.05) is 5.73 Å². The molecule has 0 aromatic carbocycles. The van der Waals surface area contributed by atoms with E-state index in [1.807, 2.05) is 6.92 Å². The number of thioether (sulfide) groups is 1. The van der Waals surface area contributed by atoms with Gasteiger partial charge in [-0.15, -0.1) is 0 Å². The predicted octanol–water partition coefficient (Wildman–Crippen LogP) is 5.50. The van der Waals surface area contributed by atoms with Gasteiger partial charge >= 0.3 is 0 Å². The number of unbranched alkanes of at least 4 members (excludes halogenated alkanes) is 3. The molecule has 0 saturated heterocycles. The van der Waals surface area contributed by atoms with E-state index in [-0.39, 0.29) is 32.0 Å². The van der Waals surface area contributed by atoms with Crippen LogP contribution in [-0.2, 0) is 4.79 Å². The molecule has 1 unspecified atom stereocenters. The number of anilines is 1. The Morgan fingerprint density at radius 1 is 1.29 bits per heavy atom. The third-order valence-electron chi connectivity index (χ3n) is 3.44. The zero-order valence-electron chi connectivity index (χ0n) is 14.1. The summed E-state index contributed by atoms with van der Waals surface area (Å²) < 4.78 is 18.9. The monoisotopic (exact) mass is 396 g/mol. The van der Waals surface area contributed by atoms with Gasteiger partial charge in [0.25, 0.3) is 0 Å². The average Bonchev–Trinajstić information content (AvgIpc) is 2.54. The molecule has 0 bridgehead atoms. The average molecular weight is 397 g/mol. The fraction of sp³-hybridized carbons (Fsp3) is 0.625. The maximum Gasteiger partial charge on any atom is 0.238 e. The second-order valence-corrected chi connectivity index (χ2v) is 7.81. The molecule has 0 saturated carbocycles. The van der Waals surface area contributed by atoms with E-state index in [9.17, 15) is 9.18 Å². The summed E-state index contributed by atoms with van der Waals surface area (Å²) in [6, 6.07) is 0. The van der Waals surface area contributed by atoms with Crippen LogP contribution in [0.4, 0.5) is 10.1 Å². The van der Waals surface area contributed by atoms with Gasteiger partial charge in [-0.05, 0) is 13.3 Å². The molecular formula is C16H23Cl2FN2O2S. The van der Waals surface area contributed by atoms with E-state index in [1.54, 1.807) is 6.92 Å². The van der Waals surface area contributed by atoms with Crippen molar-refractivity contribution in [3.05, 3.63) is 16.0 Å². The number of rotatable bonds is 9. The summed E-state index contributed by atoms with van der Waals surface area (Å²) >= 11 is 12.8. The molecule has 0 aliphatic carbocycles. The lowest BCUT2D eigenvalue weighted by Crippen LogP contribution is -2.23. The maximum absolute atomic E-state index is 13.5. The number of pyridine rings is 1. The summed E-state index contributed by atoms with van der Waals surface area (Å²) in [5.41, 5.74) is 5.43. The number of aromatic nitrogens is 1. The minimum atomic E-state index is -0.981. The summed E-state index contributed by atoms with van der Waals surface area (Å²) in [6.07, 6.45) is 4.79. The molecule has 1 heterocycles. The van der Waals surface area contributed by atoms with E-state index in [4.69, 9.17) is 33.7 Å². The topological polar surface area (TPSA) is 65.2 Å². The van der Waals surface area contributed by atoms with Gasteiger partial charge in [-0.1, -0.05) is 74.5 Å². The number of halogens is 3. The van der Waals surface area contributed by atoms with Crippen LogP contribution in [0.15, 0.2) is 0 Å². The first-order valence-corrected chi connectivity index (χ1v) is 9.58. The lowest BCUT2D eigenvalue weighted by molar-refractivity contribution is -0.116. The van der Waals surface area contributed by atoms with Gasteiger partial charge in [0.15, 0.2) is 6.10 Å². The highest BCUT2D eigenvalue weighted by molar-refractivity contribution is 8.14. The Morgan fingerprint density at radius 3 is 2.58 bits per heavy atom. The molecule has 1 rings (SSSR count). The zero-order chi connectivity index (χ0) is 18.3. The molecule has 0 spiro atoms. The van der Waals surface area contributed by atoms with Crippen molar-refractivity contribution in [1.29, 1.82) is 0 Å². The molecule has 24 heavy (non-hydrogen) atoms. The lowest BCUT2D eigenvalue weighted by atomic mass is 10.1. The van der Waals surface area contributed by atoms with Crippen LogP contribution in [0.1, 0.15) is 52.9 Å². The van der Waals surface area contributed by atoms with E-state index >= 15 is 0 Å². The summed E-state index contributed by atoms with van der Waals surface area (Å²) in [5, 5.41) is -0.430. The Bertz CT molecular complexity index is 575. The quantitative estimate of drug-likeness (QED) is 0.441. The van der Waals surface area contributed by atoms with E-state index in [1.165, 1.54) is 31.0 Å². The van der Waals surface area contributed by atoms with E-state index in [0.717, 1.165) is 12.8 Å². The predicted molar refractivity (Wildman–Crippen MR) is 99.5 cm³/mol. The summed E-state index contributed by atoms with van der Waals surface area (Å²) in [4.78, 5) is 15.7. The molecule has 0 radical (unpaired) electrons. The Kier molecular flexibility index (Phi) is 9.16. The van der Waals surface area contributed by atoms with Crippen LogP contribution in [0.2, 0.25) is 10.0 Å². The van der Waals surface area contributed by atoms with Gasteiger partial charge < -0.3 is 10.5 Å². The summed E-state index contributed by atoms with van der Waals surface area (Å²) in [7, 11) is 0. The van der Waals surface area contributed by atoms with Gasteiger partial charge in [0.2, 0.25) is 16.9 Å². The third-order valence-corrected chi connectivity index (χ3v) is 5.37. The second-order valence-electron chi connectivity index (χ2n) is 5.61. The molecule has 0 fully saturated rings. The highest BCUT2D eigenvalue weighted by Gasteiger charge is 2.23. The van der Waals surface area contributed by atoms with Gasteiger partial charge in [0, 0.05) is 5.25 Å². The minimum absolute atomic E-state index is 0.0985. The van der Waals surface area contributed by atoms with Gasteiger partial charge in [-0.3, -0.25) is 4.79 Å². The summed E-state index contributed by atoms with van der Waals surface area (Å²) in [5.74, 6) is -1.21. The number of ether oxygens (including phenoxy) is 1. The standard InChI is InChI=1S/C16H23Cl2FN2O2S/c1-4-5-6-7-8-9(2)24-16(22)10(3)23-15-12(18)13(20)11(17)14(19)21-15/h9-10H,4-8H2,1-3H3,(H2,20,21)/t9?,10-/m1/s1. The Morgan fingerprint density at radius 2 is 1.96 bits per heavy atom. The van der Waals surface area contributed by atoms with E-state index in [0.29, 0.717) is 0 Å². The maximum atomic E-state index is 13.5. The van der Waals surface area contributed by atoms with Crippen LogP contribution in [0.3, 0.4) is 0 Å². The molecule has 0 amide bonds. The van der Waals surface area contributed by atoms with Crippen molar-refractivity contribution in [2.24, 2.45) is 0 Å². The molecule has 1 aromatic rings. The number of nitrogens with zero attached hydrogens (tertiary/aromatic N) is 1. The first kappa shape index (κ1) is 21.3. The van der Waals surface area contributed by atoms with Crippen LogP contribution in [0, 0.1) is 5.95 Å². The molecular weight excluding hydrogens is 374 g/mol. The molecule has 136 valence electrons. The van der Waals surface area contributed by atoms with Crippen molar-refractivity contribution in [3.63, 3.8) is 0 Å². The normalized spacial score (nSPS) is 13.6. The fourth-order valence-corrected chi connectivity index (χ4v) is 3.30. The number of nitrogen functional groups attached to an aromatic ring is 1. The van der Waals surface area contributed by atoms with Crippen LogP contribution in [0.5, 0.6) is 5.88 Å². The smallest absolute Gasteiger partial charge is 0.238 e. The van der Waals surface area contributed by atoms with Crippen LogP contribution >= 0.6 is 35.0 Å². The number of nitrogens with two attached hydrogens (primary N) is 1. The van der Waals surface area contributed by atoms with Crippen LogP contribution < -0.4 is 10.5 Å². The van der Waals surface area contributed by atoms with Crippen molar-refractivity contribution in [2.45, 2.75) is 64.2 Å². The van der Waals surface area contributed by atoms with Crippen molar-refractivity contribution >= 4 is 45.8 Å². The van der Waals surface area contributed by atoms with Crippen molar-refractivity contribution in [1.82, 2.24) is 4.98 Å². The lowest BCUT2D eigenvalue weighted by Gasteiger charge is -2.17. The highest BCUT2D eigenvalue weighted by Crippen LogP contribution is 2.36. The second kappa shape index (κ2) is 10.3. The van der Waals surface area contributed by atoms with Crippen LogP contribution in [-0.4, -0.2) is 21.5 Å². The van der Waals surface area contributed by atoms with Crippen molar-refractivity contribution < 1.29 is 13.9 Å². The van der Waals surface area contributed by atoms with E-state index < -0.39 is 12.1 Å². The SMILES string of the molecule is CCCCCCC(C)SC(=O)[C@@H](C)Oc1nc(F)c(Cl)c(N)c1Cl. The molecule has 0 aliphatic heterocycles.